The van der Waals surface area contributed by atoms with Crippen molar-refractivity contribution in [2.75, 3.05) is 13.1 Å². The van der Waals surface area contributed by atoms with Crippen LogP contribution < -0.4 is 5.32 Å². The number of dihydropyridines is 1. The Morgan fingerprint density at radius 3 is 3.04 bits per heavy atom. The SMILES string of the molecule is N#CCCC(=O)N1CCC(C2=CC=C3C=CN=C4CC=NC34N2)CC1. The van der Waals surface area contributed by atoms with Gasteiger partial charge in [-0.15, -0.1) is 0 Å². The van der Waals surface area contributed by atoms with Crippen LogP contribution in [0.4, 0.5) is 0 Å². The van der Waals surface area contributed by atoms with Crippen LogP contribution in [0.15, 0.2) is 45.7 Å². The van der Waals surface area contributed by atoms with Crippen molar-refractivity contribution in [1.82, 2.24) is 10.2 Å². The maximum atomic E-state index is 12.1. The van der Waals surface area contributed by atoms with Gasteiger partial charge in [-0.25, -0.2) is 0 Å². The number of likely N-dealkylation sites (tertiary alicyclic amines) is 1. The minimum atomic E-state index is -0.501. The molecule has 6 nitrogen and oxygen atoms in total. The van der Waals surface area contributed by atoms with Gasteiger partial charge in [0.05, 0.1) is 11.8 Å². The first-order chi connectivity index (χ1) is 12.2. The molecule has 128 valence electrons. The zero-order chi connectivity index (χ0) is 17.3. The molecule has 0 aromatic heterocycles. The second-order valence-corrected chi connectivity index (χ2v) is 6.80. The first-order valence-electron chi connectivity index (χ1n) is 8.85. The van der Waals surface area contributed by atoms with Crippen molar-refractivity contribution in [2.24, 2.45) is 15.9 Å². The summed E-state index contributed by atoms with van der Waals surface area (Å²) in [5, 5.41) is 12.3. The average Bonchev–Trinajstić information content (AvgIpc) is 3.07. The van der Waals surface area contributed by atoms with Crippen LogP contribution >= 0.6 is 0 Å². The van der Waals surface area contributed by atoms with Crippen molar-refractivity contribution in [1.29, 1.82) is 5.26 Å². The highest BCUT2D eigenvalue weighted by Gasteiger charge is 2.44. The standard InChI is InChI=1S/C19H21N5O/c20-9-1-2-18(25)24-12-7-14(8-13-24)16-4-3-15-5-10-21-17-6-11-22-19(15,17)23-16/h3-5,10-11,14,23H,1-2,6-8,12-13H2. The van der Waals surface area contributed by atoms with Crippen LogP contribution in [0.3, 0.4) is 0 Å². The molecule has 1 amide bonds. The molecule has 0 aromatic carbocycles. The number of nitriles is 1. The highest BCUT2D eigenvalue weighted by atomic mass is 16.2. The molecule has 0 radical (unpaired) electrons. The molecule has 0 aromatic rings. The van der Waals surface area contributed by atoms with Gasteiger partial charge in [-0.05, 0) is 25.0 Å². The maximum absolute atomic E-state index is 12.1. The van der Waals surface area contributed by atoms with Crippen LogP contribution in [0.25, 0.3) is 0 Å². The predicted octanol–water partition coefficient (Wildman–Crippen LogP) is 2.08. The van der Waals surface area contributed by atoms with Gasteiger partial charge in [0.1, 0.15) is 0 Å². The first-order valence-corrected chi connectivity index (χ1v) is 8.85. The number of rotatable bonds is 3. The van der Waals surface area contributed by atoms with E-state index in [1.165, 1.54) is 5.70 Å². The minimum absolute atomic E-state index is 0.0959. The van der Waals surface area contributed by atoms with E-state index >= 15 is 0 Å². The zero-order valence-corrected chi connectivity index (χ0v) is 14.1. The summed E-state index contributed by atoms with van der Waals surface area (Å²) in [6, 6.07) is 2.04. The summed E-state index contributed by atoms with van der Waals surface area (Å²) < 4.78 is 0. The van der Waals surface area contributed by atoms with Gasteiger partial charge in [0.25, 0.3) is 0 Å². The summed E-state index contributed by atoms with van der Waals surface area (Å²) >= 11 is 0. The van der Waals surface area contributed by atoms with Crippen LogP contribution in [0, 0.1) is 17.2 Å². The third-order valence-electron chi connectivity index (χ3n) is 5.40. The largest absolute Gasteiger partial charge is 0.356 e. The van der Waals surface area contributed by atoms with Gasteiger partial charge in [0.15, 0.2) is 5.66 Å². The van der Waals surface area contributed by atoms with Crippen molar-refractivity contribution in [3.8, 4) is 6.07 Å². The Bertz CT molecular complexity index is 774. The molecule has 25 heavy (non-hydrogen) atoms. The second kappa shape index (κ2) is 6.32. The monoisotopic (exact) mass is 335 g/mol. The molecule has 4 aliphatic rings. The molecule has 0 saturated carbocycles. The first kappa shape index (κ1) is 15.8. The lowest BCUT2D eigenvalue weighted by Gasteiger charge is -2.40. The van der Waals surface area contributed by atoms with Gasteiger partial charge in [0, 0.05) is 62.0 Å². The fraction of sp³-hybridized carbons (Fsp3) is 0.474. The third-order valence-corrected chi connectivity index (χ3v) is 5.40. The molecule has 0 aliphatic carbocycles. The number of aliphatic imine (C=N–C) groups is 2. The molecule has 4 rings (SSSR count). The summed E-state index contributed by atoms with van der Waals surface area (Å²) in [5.74, 6) is 0.494. The van der Waals surface area contributed by atoms with Crippen LogP contribution in [-0.2, 0) is 4.79 Å². The quantitative estimate of drug-likeness (QED) is 0.857. The fourth-order valence-corrected chi connectivity index (χ4v) is 3.99. The Labute approximate surface area is 147 Å². The lowest BCUT2D eigenvalue weighted by atomic mass is 9.85. The number of amides is 1. The second-order valence-electron chi connectivity index (χ2n) is 6.80. The highest BCUT2D eigenvalue weighted by Crippen LogP contribution is 2.37. The normalized spacial score (nSPS) is 27.5. The number of nitrogens with one attached hydrogen (secondary N) is 1. The molecule has 4 heterocycles. The molecule has 1 N–H and O–H groups in total. The zero-order valence-electron chi connectivity index (χ0n) is 14.1. The number of nitrogens with zero attached hydrogens (tertiary/aromatic N) is 4. The average molecular weight is 335 g/mol. The number of hydrogen-bond acceptors (Lipinski definition) is 5. The summed E-state index contributed by atoms with van der Waals surface area (Å²) in [6.45, 7) is 1.50. The number of piperidine rings is 1. The van der Waals surface area contributed by atoms with Crippen LogP contribution in [-0.4, -0.2) is 41.5 Å². The van der Waals surface area contributed by atoms with Gasteiger partial charge in [0.2, 0.25) is 5.91 Å². The third kappa shape index (κ3) is 2.70. The summed E-state index contributed by atoms with van der Waals surface area (Å²) in [4.78, 5) is 23.2. The van der Waals surface area contributed by atoms with E-state index in [2.05, 4.69) is 22.5 Å². The van der Waals surface area contributed by atoms with Gasteiger partial charge >= 0.3 is 0 Å². The minimum Gasteiger partial charge on any atom is -0.356 e. The summed E-state index contributed by atoms with van der Waals surface area (Å²) in [5.41, 5.74) is 2.88. The molecule has 6 heteroatoms. The predicted molar refractivity (Wildman–Crippen MR) is 95.9 cm³/mol. The van der Waals surface area contributed by atoms with E-state index < -0.39 is 5.66 Å². The Kier molecular flexibility index (Phi) is 4.00. The Morgan fingerprint density at radius 1 is 1.40 bits per heavy atom. The molecular weight excluding hydrogens is 314 g/mol. The van der Waals surface area contributed by atoms with Crippen molar-refractivity contribution in [3.63, 3.8) is 0 Å². The van der Waals surface area contributed by atoms with E-state index in [9.17, 15) is 4.79 Å². The lowest BCUT2D eigenvalue weighted by molar-refractivity contribution is -0.132. The van der Waals surface area contributed by atoms with Gasteiger partial charge in [-0.3, -0.25) is 14.8 Å². The van der Waals surface area contributed by atoms with Gasteiger partial charge in [-0.2, -0.15) is 5.26 Å². The van der Waals surface area contributed by atoms with Crippen molar-refractivity contribution in [2.45, 2.75) is 37.8 Å². The number of carbonyl (C=O) groups excluding carboxylic acids is 1. The molecule has 1 atom stereocenters. The molecule has 1 fully saturated rings. The molecule has 4 aliphatic heterocycles. The molecule has 1 spiro atoms. The maximum Gasteiger partial charge on any atom is 0.223 e. The van der Waals surface area contributed by atoms with Crippen LogP contribution in [0.5, 0.6) is 0 Å². The molecule has 1 unspecified atom stereocenters. The van der Waals surface area contributed by atoms with E-state index in [-0.39, 0.29) is 5.91 Å². The Hall–Kier alpha value is -2.68. The summed E-state index contributed by atoms with van der Waals surface area (Å²) in [6.07, 6.45) is 13.4. The van der Waals surface area contributed by atoms with E-state index in [0.29, 0.717) is 18.8 Å². The Balaban J connectivity index is 1.44. The highest BCUT2D eigenvalue weighted by molar-refractivity contribution is 6.10. The Morgan fingerprint density at radius 2 is 2.24 bits per heavy atom. The molecule has 1 saturated heterocycles. The lowest BCUT2D eigenvalue weighted by Crippen LogP contribution is -2.53. The van der Waals surface area contributed by atoms with Crippen LogP contribution in [0.1, 0.15) is 32.1 Å². The van der Waals surface area contributed by atoms with E-state index in [0.717, 1.165) is 43.6 Å². The molecule has 0 bridgehead atoms. The van der Waals surface area contributed by atoms with E-state index in [4.69, 9.17) is 10.3 Å². The smallest absolute Gasteiger partial charge is 0.223 e. The fourth-order valence-electron chi connectivity index (χ4n) is 3.99. The number of hydrogen-bond donors (Lipinski definition) is 1. The number of allylic oxidation sites excluding steroid dienone is 3. The van der Waals surface area contributed by atoms with Crippen molar-refractivity contribution < 1.29 is 4.79 Å². The molecular formula is C19H21N5O. The van der Waals surface area contributed by atoms with Crippen LogP contribution in [0.2, 0.25) is 0 Å². The van der Waals surface area contributed by atoms with Crippen molar-refractivity contribution in [3.05, 3.63) is 35.7 Å². The van der Waals surface area contributed by atoms with E-state index in [1.54, 1.807) is 0 Å². The number of carbonyl (C=O) groups is 1. The van der Waals surface area contributed by atoms with E-state index in [1.807, 2.05) is 29.5 Å². The van der Waals surface area contributed by atoms with Crippen molar-refractivity contribution >= 4 is 17.8 Å². The van der Waals surface area contributed by atoms with Gasteiger partial charge in [-0.1, -0.05) is 6.08 Å². The topological polar surface area (TPSA) is 80.8 Å². The summed E-state index contributed by atoms with van der Waals surface area (Å²) in [7, 11) is 0. The van der Waals surface area contributed by atoms with Gasteiger partial charge < -0.3 is 10.2 Å².